The Balaban J connectivity index is 1.42. The molecule has 29 heavy (non-hydrogen) atoms. The highest BCUT2D eigenvalue weighted by Crippen LogP contribution is 2.37. The fourth-order valence-corrected chi connectivity index (χ4v) is 4.97. The summed E-state index contributed by atoms with van der Waals surface area (Å²) < 4.78 is 0. The molecule has 0 heteroatoms. The van der Waals surface area contributed by atoms with E-state index in [1.165, 1.54) is 87.3 Å². The fourth-order valence-electron chi connectivity index (χ4n) is 4.97. The lowest BCUT2D eigenvalue weighted by atomic mass is 9.77. The molecule has 1 saturated carbocycles. The van der Waals surface area contributed by atoms with Gasteiger partial charge in [-0.1, -0.05) is 94.5 Å². The van der Waals surface area contributed by atoms with E-state index in [4.69, 9.17) is 0 Å². The molecule has 2 aromatic rings. The molecule has 0 atom stereocenters. The van der Waals surface area contributed by atoms with Crippen LogP contribution >= 0.6 is 0 Å². The summed E-state index contributed by atoms with van der Waals surface area (Å²) in [6.45, 7) is 4.57. The number of hydrogen-bond donors (Lipinski definition) is 0. The molecule has 3 rings (SSSR count). The zero-order valence-electron chi connectivity index (χ0n) is 19.0. The van der Waals surface area contributed by atoms with Crippen LogP contribution < -0.4 is 0 Å². The molecule has 0 saturated heterocycles. The minimum atomic E-state index is 0.808. The third-order valence-electron chi connectivity index (χ3n) is 7.06. The van der Waals surface area contributed by atoms with Crippen molar-refractivity contribution in [3.8, 4) is 0 Å². The minimum Gasteiger partial charge on any atom is -0.0654 e. The number of hydrogen-bond acceptors (Lipinski definition) is 0. The van der Waals surface area contributed by atoms with Gasteiger partial charge in [0.2, 0.25) is 0 Å². The monoisotopic (exact) mass is 390 g/mol. The predicted molar refractivity (Wildman–Crippen MR) is 128 cm³/mol. The van der Waals surface area contributed by atoms with Crippen LogP contribution in [0.5, 0.6) is 0 Å². The van der Waals surface area contributed by atoms with Crippen LogP contribution in [-0.4, -0.2) is 0 Å². The van der Waals surface area contributed by atoms with Crippen molar-refractivity contribution in [2.24, 2.45) is 5.92 Å². The van der Waals surface area contributed by atoms with Gasteiger partial charge in [-0.25, -0.2) is 0 Å². The molecule has 0 amide bonds. The Morgan fingerprint density at radius 2 is 1.10 bits per heavy atom. The van der Waals surface area contributed by atoms with Crippen LogP contribution in [-0.2, 0) is 19.3 Å². The number of benzene rings is 2. The summed E-state index contributed by atoms with van der Waals surface area (Å²) in [7, 11) is 0. The van der Waals surface area contributed by atoms with Gasteiger partial charge in [-0.15, -0.1) is 0 Å². The van der Waals surface area contributed by atoms with Crippen LogP contribution in [0.4, 0.5) is 0 Å². The lowest BCUT2D eigenvalue weighted by molar-refractivity contribution is 0.303. The molecule has 1 fully saturated rings. The maximum atomic E-state index is 2.42. The number of aryl methyl sites for hydroxylation is 3. The zero-order chi connectivity index (χ0) is 20.3. The average molecular weight is 391 g/mol. The summed E-state index contributed by atoms with van der Waals surface area (Å²) in [6.07, 6.45) is 17.5. The summed E-state index contributed by atoms with van der Waals surface area (Å²) in [5.74, 6) is 1.81. The molecule has 158 valence electrons. The molecular weight excluding hydrogens is 348 g/mol. The molecule has 0 radical (unpaired) electrons. The fraction of sp³-hybridized carbons (Fsp3) is 0.586. The maximum Gasteiger partial charge on any atom is -0.0162 e. The van der Waals surface area contributed by atoms with Crippen LogP contribution in [0.15, 0.2) is 48.5 Å². The summed E-state index contributed by atoms with van der Waals surface area (Å²) in [5.41, 5.74) is 6.02. The molecule has 0 aliphatic heterocycles. The number of unbranched alkanes of at least 4 members (excludes halogenated alkanes) is 3. The molecule has 1 aliphatic carbocycles. The Hall–Kier alpha value is -1.56. The molecular formula is C29H42. The van der Waals surface area contributed by atoms with Crippen molar-refractivity contribution in [1.82, 2.24) is 0 Å². The summed E-state index contributed by atoms with van der Waals surface area (Å²) in [4.78, 5) is 0. The standard InChI is InChI=1S/C29H42/c1-3-5-7-9-25-16-20-28(21-17-25)29-22-18-27(19-23-29)15-14-26-12-10-24(11-13-26)8-6-4-2/h10-13,18-19,22-23,25,28H,3-9,14-17,20-21H2,1-2H3/t25-,28-. The van der Waals surface area contributed by atoms with Gasteiger partial charge in [-0.3, -0.25) is 0 Å². The van der Waals surface area contributed by atoms with Gasteiger partial charge in [0.05, 0.1) is 0 Å². The second kappa shape index (κ2) is 12.2. The normalized spacial score (nSPS) is 19.4. The molecule has 0 spiro atoms. The van der Waals surface area contributed by atoms with Crippen molar-refractivity contribution in [1.29, 1.82) is 0 Å². The van der Waals surface area contributed by atoms with Crippen molar-refractivity contribution >= 4 is 0 Å². The van der Waals surface area contributed by atoms with E-state index in [1.54, 1.807) is 5.56 Å². The molecule has 1 aliphatic rings. The van der Waals surface area contributed by atoms with E-state index in [-0.39, 0.29) is 0 Å². The second-order valence-electron chi connectivity index (χ2n) is 9.38. The topological polar surface area (TPSA) is 0 Å². The van der Waals surface area contributed by atoms with Crippen LogP contribution in [0.2, 0.25) is 0 Å². The van der Waals surface area contributed by atoms with Crippen LogP contribution in [0.3, 0.4) is 0 Å². The molecule has 0 heterocycles. The third-order valence-corrected chi connectivity index (χ3v) is 7.06. The Kier molecular flexibility index (Phi) is 9.32. The first-order valence-corrected chi connectivity index (χ1v) is 12.4. The van der Waals surface area contributed by atoms with Gasteiger partial charge in [-0.05, 0) is 85.5 Å². The van der Waals surface area contributed by atoms with Crippen molar-refractivity contribution in [3.05, 3.63) is 70.8 Å². The van der Waals surface area contributed by atoms with E-state index >= 15 is 0 Å². The van der Waals surface area contributed by atoms with E-state index in [2.05, 4.69) is 62.4 Å². The first kappa shape index (κ1) is 22.1. The maximum absolute atomic E-state index is 2.42. The van der Waals surface area contributed by atoms with Gasteiger partial charge in [0.25, 0.3) is 0 Å². The Morgan fingerprint density at radius 1 is 0.586 bits per heavy atom. The molecule has 0 bridgehead atoms. The van der Waals surface area contributed by atoms with Gasteiger partial charge in [0, 0.05) is 0 Å². The van der Waals surface area contributed by atoms with Gasteiger partial charge >= 0.3 is 0 Å². The first-order valence-electron chi connectivity index (χ1n) is 12.4. The van der Waals surface area contributed by atoms with Gasteiger partial charge in [0.15, 0.2) is 0 Å². The van der Waals surface area contributed by atoms with Crippen LogP contribution in [0.1, 0.15) is 106 Å². The quantitative estimate of drug-likeness (QED) is 0.337. The van der Waals surface area contributed by atoms with E-state index in [0.717, 1.165) is 24.7 Å². The lowest BCUT2D eigenvalue weighted by Crippen LogP contribution is -2.13. The summed E-state index contributed by atoms with van der Waals surface area (Å²) >= 11 is 0. The average Bonchev–Trinajstić information content (AvgIpc) is 2.78. The molecule has 0 nitrogen and oxygen atoms in total. The van der Waals surface area contributed by atoms with E-state index in [9.17, 15) is 0 Å². The van der Waals surface area contributed by atoms with Crippen molar-refractivity contribution in [2.45, 2.75) is 103 Å². The Labute approximate surface area is 180 Å². The highest BCUT2D eigenvalue weighted by Gasteiger charge is 2.21. The molecule has 0 aromatic heterocycles. The van der Waals surface area contributed by atoms with E-state index < -0.39 is 0 Å². The molecule has 2 aromatic carbocycles. The van der Waals surface area contributed by atoms with Crippen molar-refractivity contribution in [2.75, 3.05) is 0 Å². The molecule has 0 N–H and O–H groups in total. The number of rotatable bonds is 11. The predicted octanol–water partition coefficient (Wildman–Crippen LogP) is 8.67. The Morgan fingerprint density at radius 3 is 1.66 bits per heavy atom. The van der Waals surface area contributed by atoms with Gasteiger partial charge in [0.1, 0.15) is 0 Å². The third kappa shape index (κ3) is 7.32. The summed E-state index contributed by atoms with van der Waals surface area (Å²) in [5, 5.41) is 0. The zero-order valence-corrected chi connectivity index (χ0v) is 19.0. The highest BCUT2D eigenvalue weighted by molar-refractivity contribution is 5.28. The summed E-state index contributed by atoms with van der Waals surface area (Å²) in [6, 6.07) is 18.9. The van der Waals surface area contributed by atoms with Crippen molar-refractivity contribution in [3.63, 3.8) is 0 Å². The van der Waals surface area contributed by atoms with Crippen LogP contribution in [0.25, 0.3) is 0 Å². The van der Waals surface area contributed by atoms with Crippen molar-refractivity contribution < 1.29 is 0 Å². The van der Waals surface area contributed by atoms with E-state index in [1.807, 2.05) is 0 Å². The largest absolute Gasteiger partial charge is 0.0654 e. The molecule has 0 unspecified atom stereocenters. The SMILES string of the molecule is CCCCC[C@H]1CC[C@H](c2ccc(CCc3ccc(CCCC)cc3)cc2)CC1. The minimum absolute atomic E-state index is 0.808. The van der Waals surface area contributed by atoms with Gasteiger partial charge in [-0.2, -0.15) is 0 Å². The van der Waals surface area contributed by atoms with E-state index in [0.29, 0.717) is 0 Å². The smallest absolute Gasteiger partial charge is 0.0162 e. The second-order valence-corrected chi connectivity index (χ2v) is 9.38. The lowest BCUT2D eigenvalue weighted by Gasteiger charge is -2.29. The highest BCUT2D eigenvalue weighted by atomic mass is 14.3. The van der Waals surface area contributed by atoms with Gasteiger partial charge < -0.3 is 0 Å². The first-order chi connectivity index (χ1) is 14.3. The Bertz CT molecular complexity index is 671. The van der Waals surface area contributed by atoms with Crippen LogP contribution in [0, 0.1) is 5.92 Å².